The third-order valence-corrected chi connectivity index (χ3v) is 2.98. The number of aromatic nitrogens is 1. The predicted octanol–water partition coefficient (Wildman–Crippen LogP) is 2.51. The molecule has 0 radical (unpaired) electrons. The molecule has 2 rings (SSSR count). The number of halogens is 2. The van der Waals surface area contributed by atoms with Crippen LogP contribution in [0.3, 0.4) is 0 Å². The molecule has 2 aromatic rings. The number of pyridine rings is 1. The summed E-state index contributed by atoms with van der Waals surface area (Å²) in [6.07, 6.45) is 1.47. The van der Waals surface area contributed by atoms with Crippen molar-refractivity contribution in [3.05, 3.63) is 53.7 Å². The van der Waals surface area contributed by atoms with Gasteiger partial charge < -0.3 is 15.8 Å². The first-order chi connectivity index (χ1) is 10.8. The second kappa shape index (κ2) is 6.70. The Balaban J connectivity index is 2.16. The highest BCUT2D eigenvalue weighted by Gasteiger charge is 2.21. The van der Waals surface area contributed by atoms with Gasteiger partial charge in [-0.25, -0.2) is 13.8 Å². The molecule has 1 aromatic heterocycles. The molecule has 23 heavy (non-hydrogen) atoms. The molecule has 0 spiro atoms. The van der Waals surface area contributed by atoms with Crippen molar-refractivity contribution in [3.63, 3.8) is 0 Å². The summed E-state index contributed by atoms with van der Waals surface area (Å²) in [6, 6.07) is 6.30. The van der Waals surface area contributed by atoms with E-state index in [1.165, 1.54) is 12.3 Å². The minimum absolute atomic E-state index is 0.117. The van der Waals surface area contributed by atoms with Gasteiger partial charge in [-0.05, 0) is 32.0 Å². The highest BCUT2D eigenvalue weighted by molar-refractivity contribution is 5.85. The maximum Gasteiger partial charge on any atom is 0.239 e. The van der Waals surface area contributed by atoms with Crippen LogP contribution in [-0.2, 0) is 11.3 Å². The molecule has 0 atom stereocenters. The Kier molecular flexibility index (Phi) is 4.90. The third-order valence-electron chi connectivity index (χ3n) is 2.98. The fraction of sp³-hybridized carbons (Fsp3) is 0.250. The number of carbonyl (C=O) groups excluding carboxylic acids is 1. The van der Waals surface area contributed by atoms with Crippen LogP contribution in [0.15, 0.2) is 36.5 Å². The first kappa shape index (κ1) is 16.8. The molecular weight excluding hydrogens is 304 g/mol. The van der Waals surface area contributed by atoms with Gasteiger partial charge >= 0.3 is 0 Å². The molecule has 122 valence electrons. The fourth-order valence-electron chi connectivity index (χ4n) is 1.72. The molecule has 7 heteroatoms. The smallest absolute Gasteiger partial charge is 0.239 e. The molecule has 0 aliphatic carbocycles. The van der Waals surface area contributed by atoms with Crippen LogP contribution in [-0.4, -0.2) is 16.4 Å². The van der Waals surface area contributed by atoms with Gasteiger partial charge in [-0.3, -0.25) is 4.79 Å². The number of nitrogens with one attached hydrogen (secondary N) is 1. The van der Waals surface area contributed by atoms with Gasteiger partial charge in [-0.1, -0.05) is 6.07 Å². The standard InChI is InChI=1S/C16H17F2N3O2/c1-16(2,19)15(22)21-9-10-4-3-7-20-14(10)23-13-6-5-11(17)8-12(13)18/h3-8H,9,19H2,1-2H3,(H,21,22). The zero-order chi connectivity index (χ0) is 17.0. The molecule has 1 aromatic carbocycles. The monoisotopic (exact) mass is 321 g/mol. The van der Waals surface area contributed by atoms with Gasteiger partial charge in [0.15, 0.2) is 11.6 Å². The Morgan fingerprint density at radius 1 is 1.35 bits per heavy atom. The van der Waals surface area contributed by atoms with Gasteiger partial charge in [0.25, 0.3) is 0 Å². The average Bonchev–Trinajstić information content (AvgIpc) is 2.47. The summed E-state index contributed by atoms with van der Waals surface area (Å²) in [5, 5.41) is 2.65. The number of ether oxygens (including phenoxy) is 1. The van der Waals surface area contributed by atoms with E-state index in [-0.39, 0.29) is 24.1 Å². The second-order valence-electron chi connectivity index (χ2n) is 5.55. The van der Waals surface area contributed by atoms with Crippen LogP contribution in [0.4, 0.5) is 8.78 Å². The minimum atomic E-state index is -1.02. The van der Waals surface area contributed by atoms with E-state index in [4.69, 9.17) is 10.5 Å². The Morgan fingerprint density at radius 3 is 2.74 bits per heavy atom. The summed E-state index contributed by atoms with van der Waals surface area (Å²) in [6.45, 7) is 3.28. The number of benzene rings is 1. The van der Waals surface area contributed by atoms with Crippen LogP contribution in [0.2, 0.25) is 0 Å². The molecule has 0 aliphatic rings. The molecule has 5 nitrogen and oxygen atoms in total. The van der Waals surface area contributed by atoms with Crippen molar-refractivity contribution >= 4 is 5.91 Å². The third kappa shape index (κ3) is 4.46. The lowest BCUT2D eigenvalue weighted by Crippen LogP contribution is -2.48. The van der Waals surface area contributed by atoms with Crippen LogP contribution in [0.1, 0.15) is 19.4 Å². The zero-order valence-corrected chi connectivity index (χ0v) is 12.8. The van der Waals surface area contributed by atoms with Crippen molar-refractivity contribution in [2.24, 2.45) is 5.73 Å². The number of rotatable bonds is 5. The van der Waals surface area contributed by atoms with Crippen LogP contribution >= 0.6 is 0 Å². The van der Waals surface area contributed by atoms with Crippen molar-refractivity contribution in [1.29, 1.82) is 0 Å². The van der Waals surface area contributed by atoms with Gasteiger partial charge in [0.2, 0.25) is 11.8 Å². The molecule has 0 aliphatic heterocycles. The van der Waals surface area contributed by atoms with E-state index in [0.29, 0.717) is 5.56 Å². The van der Waals surface area contributed by atoms with E-state index in [1.54, 1.807) is 26.0 Å². The zero-order valence-electron chi connectivity index (χ0n) is 12.8. The first-order valence-electron chi connectivity index (χ1n) is 6.91. The lowest BCUT2D eigenvalue weighted by atomic mass is 10.1. The van der Waals surface area contributed by atoms with E-state index in [1.807, 2.05) is 0 Å². The summed E-state index contributed by atoms with van der Waals surface area (Å²) in [4.78, 5) is 15.8. The minimum Gasteiger partial charge on any atom is -0.436 e. The Morgan fingerprint density at radius 2 is 2.09 bits per heavy atom. The molecule has 0 fully saturated rings. The SMILES string of the molecule is CC(C)(N)C(=O)NCc1cccnc1Oc1ccc(F)cc1F. The summed E-state index contributed by atoms with van der Waals surface area (Å²) < 4.78 is 32.0. The number of hydrogen-bond acceptors (Lipinski definition) is 4. The van der Waals surface area contributed by atoms with Crippen molar-refractivity contribution in [3.8, 4) is 11.6 Å². The normalized spacial score (nSPS) is 11.2. The number of nitrogens with two attached hydrogens (primary N) is 1. The molecule has 3 N–H and O–H groups in total. The summed E-state index contributed by atoms with van der Waals surface area (Å²) in [7, 11) is 0. The van der Waals surface area contributed by atoms with E-state index < -0.39 is 17.2 Å². The van der Waals surface area contributed by atoms with Gasteiger partial charge in [-0.2, -0.15) is 0 Å². The number of hydrogen-bond donors (Lipinski definition) is 2. The molecule has 1 amide bonds. The van der Waals surface area contributed by atoms with Gasteiger partial charge in [0.05, 0.1) is 5.54 Å². The average molecular weight is 321 g/mol. The second-order valence-corrected chi connectivity index (χ2v) is 5.55. The highest BCUT2D eigenvalue weighted by atomic mass is 19.1. The first-order valence-corrected chi connectivity index (χ1v) is 6.91. The Bertz CT molecular complexity index is 715. The molecule has 0 saturated carbocycles. The van der Waals surface area contributed by atoms with Gasteiger partial charge in [0.1, 0.15) is 5.82 Å². The highest BCUT2D eigenvalue weighted by Crippen LogP contribution is 2.26. The van der Waals surface area contributed by atoms with Crippen molar-refractivity contribution in [1.82, 2.24) is 10.3 Å². The predicted molar refractivity (Wildman–Crippen MR) is 80.8 cm³/mol. The molecule has 0 bridgehead atoms. The Labute approximate surface area is 132 Å². The van der Waals surface area contributed by atoms with Crippen LogP contribution < -0.4 is 15.8 Å². The number of carbonyl (C=O) groups is 1. The van der Waals surface area contributed by atoms with E-state index in [0.717, 1.165) is 12.1 Å². The molecule has 0 saturated heterocycles. The molecular formula is C16H17F2N3O2. The van der Waals surface area contributed by atoms with Crippen molar-refractivity contribution in [2.75, 3.05) is 0 Å². The van der Waals surface area contributed by atoms with E-state index >= 15 is 0 Å². The van der Waals surface area contributed by atoms with Crippen molar-refractivity contribution in [2.45, 2.75) is 25.9 Å². The van der Waals surface area contributed by atoms with Gasteiger partial charge in [-0.15, -0.1) is 0 Å². The van der Waals surface area contributed by atoms with Crippen LogP contribution in [0.25, 0.3) is 0 Å². The largest absolute Gasteiger partial charge is 0.436 e. The number of amides is 1. The Hall–Kier alpha value is -2.54. The summed E-state index contributed by atoms with van der Waals surface area (Å²) >= 11 is 0. The van der Waals surface area contributed by atoms with Crippen molar-refractivity contribution < 1.29 is 18.3 Å². The maximum absolute atomic E-state index is 13.7. The lowest BCUT2D eigenvalue weighted by molar-refractivity contribution is -0.125. The summed E-state index contributed by atoms with van der Waals surface area (Å²) in [5.74, 6) is -1.92. The summed E-state index contributed by atoms with van der Waals surface area (Å²) in [5.41, 5.74) is 5.21. The molecule has 0 unspecified atom stereocenters. The molecule has 1 heterocycles. The van der Waals surface area contributed by atoms with E-state index in [9.17, 15) is 13.6 Å². The maximum atomic E-state index is 13.7. The topological polar surface area (TPSA) is 77.2 Å². The van der Waals surface area contributed by atoms with Crippen LogP contribution in [0, 0.1) is 11.6 Å². The fourth-order valence-corrected chi connectivity index (χ4v) is 1.72. The van der Waals surface area contributed by atoms with Gasteiger partial charge in [0, 0.05) is 24.4 Å². The van der Waals surface area contributed by atoms with E-state index in [2.05, 4.69) is 10.3 Å². The number of nitrogens with zero attached hydrogens (tertiary/aromatic N) is 1. The lowest BCUT2D eigenvalue weighted by Gasteiger charge is -2.18. The van der Waals surface area contributed by atoms with Crippen LogP contribution in [0.5, 0.6) is 11.6 Å². The quantitative estimate of drug-likeness (QED) is 0.887.